The molecule has 0 amide bonds. The monoisotopic (exact) mass is 373 g/mol. The minimum absolute atomic E-state index is 0.0569. The number of fused-ring (bicyclic) bond motifs is 1. The molecule has 0 spiro atoms. The van der Waals surface area contributed by atoms with Crippen LogP contribution in [-0.4, -0.2) is 36.2 Å². The van der Waals surface area contributed by atoms with Gasteiger partial charge < -0.3 is 0 Å². The summed E-state index contributed by atoms with van der Waals surface area (Å²) in [5.74, 6) is 0.179. The lowest BCUT2D eigenvalue weighted by Crippen LogP contribution is -2.10. The summed E-state index contributed by atoms with van der Waals surface area (Å²) in [5, 5.41) is 1.67. The molecule has 0 saturated heterocycles. The average Bonchev–Trinajstić information content (AvgIpc) is 2.59. The van der Waals surface area contributed by atoms with E-state index in [1.807, 2.05) is 24.3 Å². The molecule has 3 aromatic rings. The number of thioether (sulfide) groups is 1. The van der Waals surface area contributed by atoms with Crippen LogP contribution in [0.4, 0.5) is 5.69 Å². The third-order valence-corrected chi connectivity index (χ3v) is 4.97. The van der Waals surface area contributed by atoms with Gasteiger partial charge in [0.15, 0.2) is 5.78 Å². The Balaban J connectivity index is 1.70. The fourth-order valence-corrected chi connectivity index (χ4v) is 3.70. The van der Waals surface area contributed by atoms with Crippen LogP contribution in [0.5, 0.6) is 0 Å². The fraction of sp³-hybridized carbons (Fsp3) is 0.118. The van der Waals surface area contributed by atoms with Crippen LogP contribution in [0.25, 0.3) is 10.9 Å². The second-order valence-corrected chi connectivity index (χ2v) is 8.07. The van der Waals surface area contributed by atoms with Crippen molar-refractivity contribution < 1.29 is 13.2 Å². The molecule has 2 aromatic carbocycles. The zero-order valence-electron chi connectivity index (χ0n) is 13.3. The quantitative estimate of drug-likeness (QED) is 0.406. The van der Waals surface area contributed by atoms with Crippen molar-refractivity contribution in [3.63, 3.8) is 0 Å². The molecule has 0 unspecified atom stereocenters. The van der Waals surface area contributed by atoms with Crippen LogP contribution in [-0.2, 0) is 10.0 Å². The number of hydrogen-bond acceptors (Lipinski definition) is 6. The number of rotatable bonds is 6. The number of carbonyl (C=O) groups excluding carboxylic acids is 1. The van der Waals surface area contributed by atoms with Crippen LogP contribution in [0.1, 0.15) is 10.4 Å². The van der Waals surface area contributed by atoms with E-state index in [2.05, 4.69) is 14.7 Å². The number of Topliss-reactive ketones (excluding diaryl/α,β-unsaturated/α-hetero) is 1. The molecule has 0 fully saturated rings. The second-order valence-electron chi connectivity index (χ2n) is 5.36. The molecule has 0 aliphatic heterocycles. The van der Waals surface area contributed by atoms with Gasteiger partial charge in [-0.2, -0.15) is 0 Å². The Hall–Kier alpha value is -2.45. The molecule has 6 nitrogen and oxygen atoms in total. The van der Waals surface area contributed by atoms with Gasteiger partial charge in [-0.25, -0.2) is 18.4 Å². The van der Waals surface area contributed by atoms with Crippen molar-refractivity contribution in [3.8, 4) is 0 Å². The van der Waals surface area contributed by atoms with Gasteiger partial charge in [0.25, 0.3) is 0 Å². The summed E-state index contributed by atoms with van der Waals surface area (Å²) in [5.41, 5.74) is 1.78. The van der Waals surface area contributed by atoms with Crippen LogP contribution in [0.3, 0.4) is 0 Å². The molecule has 25 heavy (non-hydrogen) atoms. The van der Waals surface area contributed by atoms with E-state index in [1.54, 1.807) is 24.3 Å². The summed E-state index contributed by atoms with van der Waals surface area (Å²) in [7, 11) is -3.33. The largest absolute Gasteiger partial charge is 0.293 e. The van der Waals surface area contributed by atoms with Crippen LogP contribution in [0, 0.1) is 0 Å². The third-order valence-electron chi connectivity index (χ3n) is 3.36. The number of para-hydroxylation sites is 1. The maximum Gasteiger partial charge on any atom is 0.229 e. The highest BCUT2D eigenvalue weighted by Gasteiger charge is 2.10. The van der Waals surface area contributed by atoms with Crippen molar-refractivity contribution in [2.45, 2.75) is 5.03 Å². The molecule has 0 atom stereocenters. The SMILES string of the molecule is CS(=O)(=O)Nc1ccc(C(=O)CSc2ncnc3ccccc23)cc1. The maximum atomic E-state index is 12.3. The Kier molecular flexibility index (Phi) is 5.00. The Labute approximate surface area is 149 Å². The second kappa shape index (κ2) is 7.20. The van der Waals surface area contributed by atoms with Crippen LogP contribution >= 0.6 is 11.8 Å². The molecule has 0 bridgehead atoms. The standard InChI is InChI=1S/C17H15N3O3S2/c1-25(22,23)20-13-8-6-12(7-9-13)16(21)10-24-17-14-4-2-3-5-15(14)18-11-19-17/h2-9,11,20H,10H2,1H3. The zero-order chi connectivity index (χ0) is 17.9. The number of aromatic nitrogens is 2. The summed E-state index contributed by atoms with van der Waals surface area (Å²) in [4.78, 5) is 20.8. The number of benzene rings is 2. The number of carbonyl (C=O) groups is 1. The van der Waals surface area contributed by atoms with E-state index >= 15 is 0 Å². The van der Waals surface area contributed by atoms with Gasteiger partial charge in [-0.05, 0) is 30.3 Å². The van der Waals surface area contributed by atoms with Crippen molar-refractivity contribution in [3.05, 3.63) is 60.4 Å². The number of sulfonamides is 1. The van der Waals surface area contributed by atoms with E-state index in [1.165, 1.54) is 18.1 Å². The topological polar surface area (TPSA) is 89.0 Å². The Morgan fingerprint density at radius 1 is 1.08 bits per heavy atom. The van der Waals surface area contributed by atoms with E-state index in [0.717, 1.165) is 22.2 Å². The smallest absolute Gasteiger partial charge is 0.229 e. The number of ketones is 1. The van der Waals surface area contributed by atoms with Crippen LogP contribution < -0.4 is 4.72 Å². The summed E-state index contributed by atoms with van der Waals surface area (Å²) in [6.07, 6.45) is 2.57. The minimum Gasteiger partial charge on any atom is -0.293 e. The van der Waals surface area contributed by atoms with Crippen LogP contribution in [0.15, 0.2) is 59.9 Å². The molecule has 1 heterocycles. The highest BCUT2D eigenvalue weighted by molar-refractivity contribution is 8.00. The summed E-state index contributed by atoms with van der Waals surface area (Å²) in [6.45, 7) is 0. The van der Waals surface area contributed by atoms with Gasteiger partial charge in [-0.3, -0.25) is 9.52 Å². The van der Waals surface area contributed by atoms with Crippen LogP contribution in [0.2, 0.25) is 0 Å². The Morgan fingerprint density at radius 2 is 1.80 bits per heavy atom. The van der Waals surface area contributed by atoms with E-state index < -0.39 is 10.0 Å². The van der Waals surface area contributed by atoms with Crippen molar-refractivity contribution in [2.75, 3.05) is 16.7 Å². The van der Waals surface area contributed by atoms with Crippen molar-refractivity contribution in [1.29, 1.82) is 0 Å². The van der Waals surface area contributed by atoms with Gasteiger partial charge in [-0.1, -0.05) is 30.0 Å². The lowest BCUT2D eigenvalue weighted by atomic mass is 10.1. The van der Waals surface area contributed by atoms with Crippen molar-refractivity contribution in [1.82, 2.24) is 9.97 Å². The Morgan fingerprint density at radius 3 is 2.52 bits per heavy atom. The Bertz CT molecular complexity index is 1010. The highest BCUT2D eigenvalue weighted by atomic mass is 32.2. The van der Waals surface area contributed by atoms with Gasteiger partial charge in [0.1, 0.15) is 11.4 Å². The zero-order valence-corrected chi connectivity index (χ0v) is 15.0. The van der Waals surface area contributed by atoms with E-state index in [0.29, 0.717) is 11.3 Å². The fourth-order valence-electron chi connectivity index (χ4n) is 2.25. The van der Waals surface area contributed by atoms with E-state index in [-0.39, 0.29) is 11.5 Å². The molecule has 1 N–H and O–H groups in total. The van der Waals surface area contributed by atoms with E-state index in [4.69, 9.17) is 0 Å². The first-order valence-corrected chi connectivity index (χ1v) is 10.2. The maximum absolute atomic E-state index is 12.3. The first-order valence-electron chi connectivity index (χ1n) is 7.36. The molecule has 8 heteroatoms. The van der Waals surface area contributed by atoms with Gasteiger partial charge in [0.2, 0.25) is 10.0 Å². The molecule has 0 aliphatic carbocycles. The number of anilines is 1. The first kappa shape index (κ1) is 17.4. The summed E-state index contributed by atoms with van der Waals surface area (Å²) < 4.78 is 24.7. The van der Waals surface area contributed by atoms with Gasteiger partial charge >= 0.3 is 0 Å². The van der Waals surface area contributed by atoms with Crippen molar-refractivity contribution in [2.24, 2.45) is 0 Å². The molecule has 1 aromatic heterocycles. The normalized spacial score (nSPS) is 11.4. The lowest BCUT2D eigenvalue weighted by Gasteiger charge is -2.06. The minimum atomic E-state index is -3.33. The predicted molar refractivity (Wildman–Crippen MR) is 99.5 cm³/mol. The molecular formula is C17H15N3O3S2. The predicted octanol–water partition coefficient (Wildman–Crippen LogP) is 2.98. The lowest BCUT2D eigenvalue weighted by molar-refractivity contribution is 0.102. The highest BCUT2D eigenvalue weighted by Crippen LogP contribution is 2.25. The summed E-state index contributed by atoms with van der Waals surface area (Å²) in [6, 6.07) is 14.0. The third kappa shape index (κ3) is 4.55. The number of nitrogens with zero attached hydrogens (tertiary/aromatic N) is 2. The molecular weight excluding hydrogens is 358 g/mol. The molecule has 0 radical (unpaired) electrons. The van der Waals surface area contributed by atoms with E-state index in [9.17, 15) is 13.2 Å². The van der Waals surface area contributed by atoms with Gasteiger partial charge in [-0.15, -0.1) is 0 Å². The molecule has 128 valence electrons. The summed E-state index contributed by atoms with van der Waals surface area (Å²) >= 11 is 1.35. The first-order chi connectivity index (χ1) is 11.9. The van der Waals surface area contributed by atoms with Gasteiger partial charge in [0.05, 0.1) is 17.5 Å². The number of hydrogen-bond donors (Lipinski definition) is 1. The molecule has 0 aliphatic rings. The molecule has 0 saturated carbocycles. The van der Waals surface area contributed by atoms with Gasteiger partial charge in [0, 0.05) is 16.6 Å². The number of nitrogens with one attached hydrogen (secondary N) is 1. The average molecular weight is 373 g/mol. The van der Waals surface area contributed by atoms with Crippen molar-refractivity contribution >= 4 is 44.2 Å². The molecule has 3 rings (SSSR count).